The highest BCUT2D eigenvalue weighted by Gasteiger charge is 2.27. The molecule has 1 saturated heterocycles. The van der Waals surface area contributed by atoms with Crippen molar-refractivity contribution in [1.29, 1.82) is 0 Å². The van der Waals surface area contributed by atoms with E-state index in [0.717, 1.165) is 42.5 Å². The maximum Gasteiger partial charge on any atom is 0.292 e. The lowest BCUT2D eigenvalue weighted by Crippen LogP contribution is -2.41. The molecular formula is C14H20BrN3O2. The van der Waals surface area contributed by atoms with Crippen LogP contribution in [0.3, 0.4) is 0 Å². The average molecular weight is 342 g/mol. The van der Waals surface area contributed by atoms with E-state index in [1.54, 1.807) is 12.1 Å². The molecule has 1 aliphatic rings. The quantitative estimate of drug-likeness (QED) is 0.659. The third-order valence-electron chi connectivity index (χ3n) is 3.80. The summed E-state index contributed by atoms with van der Waals surface area (Å²) in [6.45, 7) is 1.83. The van der Waals surface area contributed by atoms with Crippen LogP contribution in [0.1, 0.15) is 25.7 Å². The zero-order chi connectivity index (χ0) is 14.5. The Morgan fingerprint density at radius 3 is 3.00 bits per heavy atom. The number of piperidine rings is 1. The molecule has 0 saturated carbocycles. The van der Waals surface area contributed by atoms with Crippen molar-refractivity contribution in [2.45, 2.75) is 31.7 Å². The van der Waals surface area contributed by atoms with Gasteiger partial charge in [-0.15, -0.1) is 0 Å². The summed E-state index contributed by atoms with van der Waals surface area (Å²) in [4.78, 5) is 13.2. The number of nitro groups is 1. The van der Waals surface area contributed by atoms with E-state index in [1.807, 2.05) is 13.1 Å². The van der Waals surface area contributed by atoms with Crippen LogP contribution < -0.4 is 10.2 Å². The molecule has 5 nitrogen and oxygen atoms in total. The summed E-state index contributed by atoms with van der Waals surface area (Å²) in [5, 5.41) is 14.4. The summed E-state index contributed by atoms with van der Waals surface area (Å²) in [7, 11) is 1.94. The van der Waals surface area contributed by atoms with E-state index in [-0.39, 0.29) is 10.6 Å². The van der Waals surface area contributed by atoms with Gasteiger partial charge in [0.15, 0.2) is 0 Å². The second kappa shape index (κ2) is 7.04. The van der Waals surface area contributed by atoms with E-state index in [2.05, 4.69) is 26.1 Å². The number of anilines is 1. The fraction of sp³-hybridized carbons (Fsp3) is 0.571. The monoisotopic (exact) mass is 341 g/mol. The van der Waals surface area contributed by atoms with Gasteiger partial charge in [0.25, 0.3) is 5.69 Å². The average Bonchev–Trinajstić information content (AvgIpc) is 2.45. The fourth-order valence-corrected chi connectivity index (χ4v) is 3.16. The van der Waals surface area contributed by atoms with Gasteiger partial charge in [0.1, 0.15) is 5.69 Å². The van der Waals surface area contributed by atoms with Crippen molar-refractivity contribution in [3.05, 3.63) is 32.8 Å². The molecule has 0 bridgehead atoms. The zero-order valence-electron chi connectivity index (χ0n) is 11.6. The van der Waals surface area contributed by atoms with Crippen LogP contribution in [0.5, 0.6) is 0 Å². The van der Waals surface area contributed by atoms with Crippen molar-refractivity contribution in [1.82, 2.24) is 5.32 Å². The third kappa shape index (κ3) is 3.49. The lowest BCUT2D eigenvalue weighted by Gasteiger charge is -2.37. The van der Waals surface area contributed by atoms with E-state index >= 15 is 0 Å². The SMILES string of the molecule is CNCCC1CCCCN1c1cc(Br)ccc1[N+](=O)[O-]. The molecule has 1 fully saturated rings. The lowest BCUT2D eigenvalue weighted by atomic mass is 9.98. The molecule has 6 heteroatoms. The molecule has 0 amide bonds. The molecule has 1 atom stereocenters. The van der Waals surface area contributed by atoms with Crippen LogP contribution in [-0.4, -0.2) is 31.1 Å². The molecule has 2 rings (SSSR count). The predicted octanol–water partition coefficient (Wildman–Crippen LogP) is 3.33. The van der Waals surface area contributed by atoms with Gasteiger partial charge in [0, 0.05) is 23.1 Å². The minimum atomic E-state index is -0.286. The van der Waals surface area contributed by atoms with Gasteiger partial charge in [-0.3, -0.25) is 10.1 Å². The van der Waals surface area contributed by atoms with Crippen LogP contribution in [0.15, 0.2) is 22.7 Å². The second-order valence-corrected chi connectivity index (χ2v) is 6.04. The van der Waals surface area contributed by atoms with Gasteiger partial charge in [0.05, 0.1) is 4.92 Å². The summed E-state index contributed by atoms with van der Waals surface area (Å²) < 4.78 is 0.885. The molecule has 0 aromatic heterocycles. The highest BCUT2D eigenvalue weighted by Crippen LogP contribution is 2.35. The molecule has 1 aromatic carbocycles. The Kier molecular flexibility index (Phi) is 5.37. The van der Waals surface area contributed by atoms with E-state index in [0.29, 0.717) is 6.04 Å². The van der Waals surface area contributed by atoms with Crippen LogP contribution in [0.25, 0.3) is 0 Å². The summed E-state index contributed by atoms with van der Waals surface area (Å²) in [6, 6.07) is 5.57. The molecule has 1 aliphatic heterocycles. The first-order chi connectivity index (χ1) is 9.63. The molecule has 1 heterocycles. The molecule has 1 aromatic rings. The first-order valence-electron chi connectivity index (χ1n) is 6.98. The van der Waals surface area contributed by atoms with Crippen LogP contribution >= 0.6 is 15.9 Å². The Balaban J connectivity index is 2.31. The van der Waals surface area contributed by atoms with E-state index in [4.69, 9.17) is 0 Å². The Hall–Kier alpha value is -1.14. The number of nitrogens with zero attached hydrogens (tertiary/aromatic N) is 2. The molecule has 1 N–H and O–H groups in total. The summed E-state index contributed by atoms with van der Waals surface area (Å²) in [6.07, 6.45) is 4.41. The normalized spacial score (nSPS) is 19.1. The van der Waals surface area contributed by atoms with Gasteiger partial charge in [-0.25, -0.2) is 0 Å². The first-order valence-corrected chi connectivity index (χ1v) is 7.78. The van der Waals surface area contributed by atoms with Crippen LogP contribution in [-0.2, 0) is 0 Å². The molecule has 0 radical (unpaired) electrons. The number of halogens is 1. The lowest BCUT2D eigenvalue weighted by molar-refractivity contribution is -0.384. The van der Waals surface area contributed by atoms with Gasteiger partial charge in [0.2, 0.25) is 0 Å². The number of rotatable bonds is 5. The van der Waals surface area contributed by atoms with Crippen molar-refractivity contribution >= 4 is 27.3 Å². The highest BCUT2D eigenvalue weighted by molar-refractivity contribution is 9.10. The number of hydrogen-bond donors (Lipinski definition) is 1. The Bertz CT molecular complexity index is 481. The molecule has 0 spiro atoms. The zero-order valence-corrected chi connectivity index (χ0v) is 13.2. The number of hydrogen-bond acceptors (Lipinski definition) is 4. The predicted molar refractivity (Wildman–Crippen MR) is 84.3 cm³/mol. The molecule has 0 aliphatic carbocycles. The number of nitrogens with one attached hydrogen (secondary N) is 1. The maximum absolute atomic E-state index is 11.2. The molecule has 20 heavy (non-hydrogen) atoms. The Labute approximate surface area is 127 Å². The van der Waals surface area contributed by atoms with Gasteiger partial charge in [-0.1, -0.05) is 15.9 Å². The smallest absolute Gasteiger partial charge is 0.292 e. The highest BCUT2D eigenvalue weighted by atomic mass is 79.9. The minimum absolute atomic E-state index is 0.199. The Morgan fingerprint density at radius 1 is 1.50 bits per heavy atom. The largest absolute Gasteiger partial charge is 0.363 e. The number of benzene rings is 1. The molecular weight excluding hydrogens is 322 g/mol. The molecule has 1 unspecified atom stereocenters. The van der Waals surface area contributed by atoms with E-state index < -0.39 is 0 Å². The van der Waals surface area contributed by atoms with Crippen molar-refractivity contribution in [3.63, 3.8) is 0 Å². The Morgan fingerprint density at radius 2 is 2.30 bits per heavy atom. The van der Waals surface area contributed by atoms with Crippen LogP contribution in [0.2, 0.25) is 0 Å². The standard InChI is InChI=1S/C14H20BrN3O2/c1-16-8-7-12-4-2-3-9-17(12)14-10-11(15)5-6-13(14)18(19)20/h5-6,10,12,16H,2-4,7-9H2,1H3. The summed E-state index contributed by atoms with van der Waals surface area (Å²) >= 11 is 3.42. The van der Waals surface area contributed by atoms with E-state index in [1.165, 1.54) is 6.42 Å². The van der Waals surface area contributed by atoms with Gasteiger partial charge >= 0.3 is 0 Å². The van der Waals surface area contributed by atoms with Gasteiger partial charge < -0.3 is 10.2 Å². The van der Waals surface area contributed by atoms with E-state index in [9.17, 15) is 10.1 Å². The first kappa shape index (κ1) is 15.3. The van der Waals surface area contributed by atoms with Gasteiger partial charge in [-0.05, 0) is 51.4 Å². The minimum Gasteiger partial charge on any atom is -0.363 e. The fourth-order valence-electron chi connectivity index (χ4n) is 2.81. The summed E-state index contributed by atoms with van der Waals surface area (Å²) in [5.74, 6) is 0. The van der Waals surface area contributed by atoms with Crippen molar-refractivity contribution in [2.75, 3.05) is 25.0 Å². The van der Waals surface area contributed by atoms with Crippen molar-refractivity contribution in [3.8, 4) is 0 Å². The van der Waals surface area contributed by atoms with Crippen LogP contribution in [0.4, 0.5) is 11.4 Å². The van der Waals surface area contributed by atoms with Crippen LogP contribution in [0, 0.1) is 10.1 Å². The third-order valence-corrected chi connectivity index (χ3v) is 4.29. The molecule has 110 valence electrons. The van der Waals surface area contributed by atoms with Crippen molar-refractivity contribution < 1.29 is 4.92 Å². The number of nitro benzene ring substituents is 1. The van der Waals surface area contributed by atoms with Gasteiger partial charge in [-0.2, -0.15) is 0 Å². The topological polar surface area (TPSA) is 58.4 Å². The second-order valence-electron chi connectivity index (χ2n) is 5.13. The summed E-state index contributed by atoms with van der Waals surface area (Å²) in [5.41, 5.74) is 0.940. The maximum atomic E-state index is 11.2. The van der Waals surface area contributed by atoms with Crippen molar-refractivity contribution in [2.24, 2.45) is 0 Å².